The Morgan fingerprint density at radius 3 is 2.67 bits per heavy atom. The summed E-state index contributed by atoms with van der Waals surface area (Å²) in [5.41, 5.74) is 6.39. The predicted molar refractivity (Wildman–Crippen MR) is 87.0 cm³/mol. The number of nitrogens with zero attached hydrogens (tertiary/aromatic N) is 1. The Morgan fingerprint density at radius 2 is 2.10 bits per heavy atom. The van der Waals surface area contributed by atoms with Gasteiger partial charge in [0.2, 0.25) is 10.0 Å². The van der Waals surface area contributed by atoms with Gasteiger partial charge in [0, 0.05) is 34.9 Å². The number of hydrogen-bond donors (Lipinski definition) is 1. The minimum Gasteiger partial charge on any atom is -0.326 e. The van der Waals surface area contributed by atoms with Gasteiger partial charge in [-0.15, -0.1) is 11.3 Å². The van der Waals surface area contributed by atoms with Crippen LogP contribution in [0.4, 0.5) is 0 Å². The van der Waals surface area contributed by atoms with Crippen LogP contribution in [0.5, 0.6) is 0 Å². The van der Waals surface area contributed by atoms with E-state index in [9.17, 15) is 8.42 Å². The van der Waals surface area contributed by atoms with Crippen LogP contribution in [0, 0.1) is 0 Å². The molecule has 2 rings (SSSR count). The van der Waals surface area contributed by atoms with Crippen LogP contribution in [0.3, 0.4) is 0 Å². The molecule has 0 aliphatic rings. The monoisotopic (exact) mass is 344 g/mol. The zero-order chi connectivity index (χ0) is 15.6. The van der Waals surface area contributed by atoms with Crippen LogP contribution < -0.4 is 5.73 Å². The van der Waals surface area contributed by atoms with Crippen molar-refractivity contribution in [1.29, 1.82) is 0 Å². The molecule has 2 N–H and O–H groups in total. The van der Waals surface area contributed by atoms with E-state index >= 15 is 0 Å². The molecule has 0 fully saturated rings. The molecule has 0 aliphatic carbocycles. The molecule has 0 amide bonds. The Morgan fingerprint density at radius 1 is 1.38 bits per heavy atom. The molecule has 114 valence electrons. The van der Waals surface area contributed by atoms with Gasteiger partial charge >= 0.3 is 0 Å². The van der Waals surface area contributed by atoms with Crippen molar-refractivity contribution in [1.82, 2.24) is 4.31 Å². The van der Waals surface area contributed by atoms with Crippen molar-refractivity contribution in [3.05, 3.63) is 51.2 Å². The molecule has 0 bridgehead atoms. The van der Waals surface area contributed by atoms with Gasteiger partial charge in [0.15, 0.2) is 0 Å². The number of nitrogens with two attached hydrogens (primary N) is 1. The molecular formula is C14H17ClN2O2S2. The maximum atomic E-state index is 12.6. The van der Waals surface area contributed by atoms with Crippen molar-refractivity contribution >= 4 is 33.0 Å². The average molecular weight is 345 g/mol. The average Bonchev–Trinajstić information content (AvgIpc) is 2.95. The van der Waals surface area contributed by atoms with Crippen molar-refractivity contribution in [3.8, 4) is 0 Å². The minimum atomic E-state index is -3.54. The first-order valence-electron chi connectivity index (χ1n) is 6.37. The van der Waals surface area contributed by atoms with E-state index in [4.69, 9.17) is 17.3 Å². The highest BCUT2D eigenvalue weighted by atomic mass is 35.5. The molecule has 0 radical (unpaired) electrons. The van der Waals surface area contributed by atoms with Gasteiger partial charge in [0.05, 0.1) is 4.90 Å². The van der Waals surface area contributed by atoms with Crippen molar-refractivity contribution in [2.45, 2.75) is 24.4 Å². The molecule has 21 heavy (non-hydrogen) atoms. The van der Waals surface area contributed by atoms with Crippen molar-refractivity contribution < 1.29 is 8.42 Å². The SMILES string of the molecule is CC(c1cccc(Cl)c1)N(C)S(=O)(=O)c1csc(CN)c1. The zero-order valence-corrected chi connectivity index (χ0v) is 14.2. The summed E-state index contributed by atoms with van der Waals surface area (Å²) in [6, 6.07) is 8.53. The number of halogens is 1. The molecule has 1 unspecified atom stereocenters. The summed E-state index contributed by atoms with van der Waals surface area (Å²) >= 11 is 7.32. The number of thiophene rings is 1. The largest absolute Gasteiger partial charge is 0.326 e. The second-order valence-corrected chi connectivity index (χ2v) is 8.13. The summed E-state index contributed by atoms with van der Waals surface area (Å²) in [7, 11) is -1.97. The van der Waals surface area contributed by atoms with E-state index in [1.54, 1.807) is 30.6 Å². The van der Waals surface area contributed by atoms with E-state index in [2.05, 4.69) is 0 Å². The Hall–Kier alpha value is -0.920. The summed E-state index contributed by atoms with van der Waals surface area (Å²) in [6.45, 7) is 2.17. The normalized spacial score (nSPS) is 13.6. The molecule has 0 spiro atoms. The highest BCUT2D eigenvalue weighted by Gasteiger charge is 2.27. The van der Waals surface area contributed by atoms with Crippen LogP contribution in [-0.2, 0) is 16.6 Å². The topological polar surface area (TPSA) is 63.4 Å². The second kappa shape index (κ2) is 6.46. The first-order valence-corrected chi connectivity index (χ1v) is 9.07. The first kappa shape index (κ1) is 16.5. The first-order chi connectivity index (χ1) is 9.86. The third-order valence-electron chi connectivity index (χ3n) is 3.38. The van der Waals surface area contributed by atoms with Crippen molar-refractivity contribution in [3.63, 3.8) is 0 Å². The van der Waals surface area contributed by atoms with Gasteiger partial charge in [-0.3, -0.25) is 0 Å². The highest BCUT2D eigenvalue weighted by molar-refractivity contribution is 7.89. The van der Waals surface area contributed by atoms with E-state index in [1.807, 2.05) is 19.1 Å². The molecule has 0 saturated heterocycles. The van der Waals surface area contributed by atoms with E-state index in [0.29, 0.717) is 11.6 Å². The molecule has 1 aromatic heterocycles. The fourth-order valence-corrected chi connectivity index (χ4v) is 4.65. The molecule has 0 aliphatic heterocycles. The third-order valence-corrected chi connectivity index (χ3v) is 6.63. The molecule has 2 aromatic rings. The number of sulfonamides is 1. The number of hydrogen-bond acceptors (Lipinski definition) is 4. The molecule has 1 aromatic carbocycles. The van der Waals surface area contributed by atoms with Gasteiger partial charge in [-0.2, -0.15) is 4.31 Å². The smallest absolute Gasteiger partial charge is 0.244 e. The number of rotatable bonds is 5. The predicted octanol–water partition coefficient (Wildman–Crippen LogP) is 3.24. The van der Waals surface area contributed by atoms with Gasteiger partial charge in [0.25, 0.3) is 0 Å². The maximum Gasteiger partial charge on any atom is 0.244 e. The number of benzene rings is 1. The lowest BCUT2D eigenvalue weighted by Gasteiger charge is -2.24. The lowest BCUT2D eigenvalue weighted by Crippen LogP contribution is -2.29. The maximum absolute atomic E-state index is 12.6. The third kappa shape index (κ3) is 3.46. The van der Waals surface area contributed by atoms with Crippen LogP contribution in [0.25, 0.3) is 0 Å². The van der Waals surface area contributed by atoms with Crippen LogP contribution in [0.15, 0.2) is 40.6 Å². The fourth-order valence-electron chi connectivity index (χ4n) is 1.95. The lowest BCUT2D eigenvalue weighted by atomic mass is 10.1. The molecular weight excluding hydrogens is 328 g/mol. The Balaban J connectivity index is 2.31. The van der Waals surface area contributed by atoms with Gasteiger partial charge in [-0.1, -0.05) is 23.7 Å². The van der Waals surface area contributed by atoms with Crippen LogP contribution in [0.1, 0.15) is 23.4 Å². The summed E-state index contributed by atoms with van der Waals surface area (Å²) in [6.07, 6.45) is 0. The van der Waals surface area contributed by atoms with Crippen molar-refractivity contribution in [2.24, 2.45) is 5.73 Å². The van der Waals surface area contributed by atoms with Crippen LogP contribution >= 0.6 is 22.9 Å². The Labute approximate surface area is 134 Å². The van der Waals surface area contributed by atoms with Gasteiger partial charge in [-0.05, 0) is 30.7 Å². The molecule has 4 nitrogen and oxygen atoms in total. The standard InChI is InChI=1S/C14H17ClN2O2S2/c1-10(11-4-3-5-12(15)6-11)17(2)21(18,19)14-7-13(8-16)20-9-14/h3-7,9-10H,8,16H2,1-2H3. The summed E-state index contributed by atoms with van der Waals surface area (Å²) in [5.74, 6) is 0. The Kier molecular flexibility index (Phi) is 5.06. The van der Waals surface area contributed by atoms with Gasteiger partial charge < -0.3 is 5.73 Å². The molecule has 1 atom stereocenters. The van der Waals surface area contributed by atoms with Crippen LogP contribution in [0.2, 0.25) is 5.02 Å². The second-order valence-electron chi connectivity index (χ2n) is 4.71. The van der Waals surface area contributed by atoms with Gasteiger partial charge in [-0.25, -0.2) is 8.42 Å². The van der Waals surface area contributed by atoms with E-state index in [-0.39, 0.29) is 10.9 Å². The van der Waals surface area contributed by atoms with Crippen molar-refractivity contribution in [2.75, 3.05) is 7.05 Å². The zero-order valence-electron chi connectivity index (χ0n) is 11.8. The summed E-state index contributed by atoms with van der Waals surface area (Å²) < 4.78 is 26.6. The Bertz CT molecular complexity index is 728. The molecule has 0 saturated carbocycles. The quantitative estimate of drug-likeness (QED) is 0.905. The molecule has 1 heterocycles. The fraction of sp³-hybridized carbons (Fsp3) is 0.286. The van der Waals surface area contributed by atoms with E-state index < -0.39 is 10.0 Å². The van der Waals surface area contributed by atoms with Crippen LogP contribution in [-0.4, -0.2) is 19.8 Å². The summed E-state index contributed by atoms with van der Waals surface area (Å²) in [5, 5.41) is 2.21. The van der Waals surface area contributed by atoms with Gasteiger partial charge in [0.1, 0.15) is 0 Å². The minimum absolute atomic E-state index is 0.282. The lowest BCUT2D eigenvalue weighted by molar-refractivity contribution is 0.398. The highest BCUT2D eigenvalue weighted by Crippen LogP contribution is 2.29. The summed E-state index contributed by atoms with van der Waals surface area (Å²) in [4.78, 5) is 1.13. The molecule has 7 heteroatoms. The van der Waals surface area contributed by atoms with E-state index in [1.165, 1.54) is 15.6 Å². The van der Waals surface area contributed by atoms with E-state index in [0.717, 1.165) is 10.4 Å².